The second-order valence-corrected chi connectivity index (χ2v) is 15.1. The number of rotatable bonds is 7. The van der Waals surface area contributed by atoms with Gasteiger partial charge in [0.25, 0.3) is 5.91 Å². The average molecular weight is 704 g/mol. The summed E-state index contributed by atoms with van der Waals surface area (Å²) >= 11 is 13.6. The Labute approximate surface area is 289 Å². The number of pyridine rings is 1. The van der Waals surface area contributed by atoms with Gasteiger partial charge in [-0.3, -0.25) is 14.5 Å². The molecule has 0 unspecified atom stereocenters. The molecule has 5 atom stereocenters. The van der Waals surface area contributed by atoms with Gasteiger partial charge in [0.15, 0.2) is 5.17 Å². The number of allylic oxidation sites excluding steroid dienone is 1. The molecular formula is C34H41Cl2FN6O3S. The Kier molecular flexibility index (Phi) is 9.68. The van der Waals surface area contributed by atoms with Crippen molar-refractivity contribution in [3.05, 3.63) is 74.3 Å². The molecule has 0 radical (unpaired) electrons. The number of halogens is 3. The van der Waals surface area contributed by atoms with E-state index in [1.165, 1.54) is 17.8 Å². The fourth-order valence-electron chi connectivity index (χ4n) is 7.54. The zero-order valence-corrected chi connectivity index (χ0v) is 29.6. The summed E-state index contributed by atoms with van der Waals surface area (Å²) in [4.78, 5) is 46.7. The van der Waals surface area contributed by atoms with Crippen molar-refractivity contribution in [1.29, 1.82) is 0 Å². The Morgan fingerprint density at radius 2 is 1.89 bits per heavy atom. The molecule has 2 amide bonds. The minimum atomic E-state index is -0.886. The van der Waals surface area contributed by atoms with E-state index in [4.69, 9.17) is 28.2 Å². The smallest absolute Gasteiger partial charge is 0.263 e. The molecule has 0 aliphatic carbocycles. The van der Waals surface area contributed by atoms with Crippen LogP contribution in [0.1, 0.15) is 64.6 Å². The van der Waals surface area contributed by atoms with Gasteiger partial charge in [0.05, 0.1) is 17.7 Å². The van der Waals surface area contributed by atoms with Crippen molar-refractivity contribution in [3.8, 4) is 0 Å². The summed E-state index contributed by atoms with van der Waals surface area (Å²) in [6.45, 7) is 12.6. The van der Waals surface area contributed by atoms with Crippen LogP contribution in [-0.4, -0.2) is 97.6 Å². The normalized spacial score (nSPS) is 28.0. The number of amides is 2. The van der Waals surface area contributed by atoms with Gasteiger partial charge in [0.1, 0.15) is 27.5 Å². The van der Waals surface area contributed by atoms with E-state index in [9.17, 15) is 14.7 Å². The van der Waals surface area contributed by atoms with E-state index in [1.54, 1.807) is 29.3 Å². The Balaban J connectivity index is 1.36. The lowest BCUT2D eigenvalue weighted by Gasteiger charge is -2.41. The number of piperazine rings is 1. The molecule has 0 saturated carbocycles. The standard InChI is InChI=1S/C34H41Cl2FN6O3S/c1-19(2)28-29(32(46)42-20(3)6-10-26(42)31(45)41-13-12-40(14-15-44)21(4)18-41)47-33-39-34(5,23-8-11-27(36)38-17-23)30(43(28)33)22-7-9-24(35)25(37)16-22/h7-9,11,16-17,19-21,26,30,44H,6,10,12-15,18H2,1-5H3/t20-,21-,26+,30-,34+/m1/s1. The van der Waals surface area contributed by atoms with Crippen LogP contribution < -0.4 is 0 Å². The van der Waals surface area contributed by atoms with Gasteiger partial charge in [0, 0.05) is 55.7 Å². The minimum Gasteiger partial charge on any atom is -0.395 e. The topological polar surface area (TPSA) is 92.6 Å². The van der Waals surface area contributed by atoms with Crippen molar-refractivity contribution in [1.82, 2.24) is 24.6 Å². The van der Waals surface area contributed by atoms with Gasteiger partial charge < -0.3 is 19.8 Å². The summed E-state index contributed by atoms with van der Waals surface area (Å²) in [5.74, 6) is -0.830. The van der Waals surface area contributed by atoms with Crippen molar-refractivity contribution < 1.29 is 19.1 Å². The molecule has 0 bridgehead atoms. The number of fused-ring (bicyclic) bond motifs is 1. The van der Waals surface area contributed by atoms with Gasteiger partial charge in [-0.05, 0) is 75.1 Å². The van der Waals surface area contributed by atoms with Crippen LogP contribution in [0.5, 0.6) is 0 Å². The van der Waals surface area contributed by atoms with Crippen molar-refractivity contribution in [3.63, 3.8) is 0 Å². The Morgan fingerprint density at radius 3 is 2.53 bits per heavy atom. The van der Waals surface area contributed by atoms with E-state index in [0.29, 0.717) is 53.4 Å². The molecular weight excluding hydrogens is 662 g/mol. The number of hydrogen-bond acceptors (Lipinski definition) is 8. The molecule has 2 fully saturated rings. The number of nitrogens with zero attached hydrogens (tertiary/aromatic N) is 6. The molecule has 6 rings (SSSR count). The molecule has 5 heterocycles. The summed E-state index contributed by atoms with van der Waals surface area (Å²) in [5, 5.41) is 10.4. The van der Waals surface area contributed by atoms with Crippen molar-refractivity contribution in [2.45, 2.75) is 77.2 Å². The number of aliphatic hydroxyl groups is 1. The van der Waals surface area contributed by atoms with Crippen LogP contribution in [0, 0.1) is 11.7 Å². The summed E-state index contributed by atoms with van der Waals surface area (Å²) < 4.78 is 15.0. The van der Waals surface area contributed by atoms with Crippen LogP contribution in [-0.2, 0) is 15.1 Å². The van der Waals surface area contributed by atoms with E-state index in [0.717, 1.165) is 17.7 Å². The molecule has 4 aliphatic rings. The van der Waals surface area contributed by atoms with E-state index < -0.39 is 23.4 Å². The first-order chi connectivity index (χ1) is 22.3. The third-order valence-electron chi connectivity index (χ3n) is 9.97. The largest absolute Gasteiger partial charge is 0.395 e. The van der Waals surface area contributed by atoms with Crippen LogP contribution in [0.2, 0.25) is 10.2 Å². The molecule has 1 aromatic heterocycles. The number of aromatic nitrogens is 1. The van der Waals surface area contributed by atoms with Crippen molar-refractivity contribution in [2.75, 3.05) is 32.8 Å². The van der Waals surface area contributed by atoms with Crippen LogP contribution in [0.15, 0.2) is 52.1 Å². The lowest BCUT2D eigenvalue weighted by atomic mass is 9.81. The van der Waals surface area contributed by atoms with Gasteiger partial charge in [-0.25, -0.2) is 14.4 Å². The van der Waals surface area contributed by atoms with Gasteiger partial charge in [0.2, 0.25) is 5.91 Å². The lowest BCUT2D eigenvalue weighted by molar-refractivity contribution is -0.145. The van der Waals surface area contributed by atoms with Crippen LogP contribution in [0.4, 0.5) is 4.39 Å². The number of likely N-dealkylation sites (tertiary alicyclic amines) is 1. The molecule has 13 heteroatoms. The van der Waals surface area contributed by atoms with Crippen LogP contribution in [0.3, 0.4) is 0 Å². The molecule has 2 aromatic rings. The number of carbonyl (C=O) groups excluding carboxylic acids is 2. The number of aliphatic imine (C=N–C) groups is 1. The number of aliphatic hydroxyl groups excluding tert-OH is 1. The highest BCUT2D eigenvalue weighted by Gasteiger charge is 2.54. The molecule has 1 N–H and O–H groups in total. The molecule has 0 spiro atoms. The maximum absolute atomic E-state index is 15.0. The van der Waals surface area contributed by atoms with Gasteiger partial charge in [-0.15, -0.1) is 0 Å². The van der Waals surface area contributed by atoms with Crippen LogP contribution in [0.25, 0.3) is 0 Å². The van der Waals surface area contributed by atoms with Crippen molar-refractivity contribution >= 4 is 51.9 Å². The quantitative estimate of drug-likeness (QED) is 0.372. The predicted molar refractivity (Wildman–Crippen MR) is 184 cm³/mol. The zero-order valence-electron chi connectivity index (χ0n) is 27.3. The molecule has 47 heavy (non-hydrogen) atoms. The molecule has 9 nitrogen and oxygen atoms in total. The van der Waals surface area contributed by atoms with E-state index in [-0.39, 0.29) is 41.4 Å². The van der Waals surface area contributed by atoms with Crippen molar-refractivity contribution in [2.24, 2.45) is 10.9 Å². The number of hydrogen-bond donors (Lipinski definition) is 1. The highest BCUT2D eigenvalue weighted by molar-refractivity contribution is 8.18. The summed E-state index contributed by atoms with van der Waals surface area (Å²) in [6, 6.07) is 7.32. The number of β-amino-alcohol motifs (C(OH)–C–C–N with tert-alkyl or cyclic N) is 1. The van der Waals surface area contributed by atoms with E-state index in [2.05, 4.69) is 21.7 Å². The first kappa shape index (κ1) is 34.2. The lowest BCUT2D eigenvalue weighted by Crippen LogP contribution is -2.58. The second kappa shape index (κ2) is 13.3. The molecule has 252 valence electrons. The number of carbonyl (C=O) groups is 2. The maximum Gasteiger partial charge on any atom is 0.263 e. The van der Waals surface area contributed by atoms with E-state index in [1.807, 2.05) is 38.7 Å². The number of benzene rings is 1. The molecule has 1 aromatic carbocycles. The predicted octanol–water partition coefficient (Wildman–Crippen LogP) is 5.67. The fourth-order valence-corrected chi connectivity index (χ4v) is 9.12. The Bertz CT molecular complexity index is 1620. The fraction of sp³-hybridized carbons (Fsp3) is 0.529. The van der Waals surface area contributed by atoms with Gasteiger partial charge in [-0.1, -0.05) is 49.2 Å². The maximum atomic E-state index is 15.0. The Morgan fingerprint density at radius 1 is 1.13 bits per heavy atom. The van der Waals surface area contributed by atoms with E-state index >= 15 is 4.39 Å². The summed E-state index contributed by atoms with van der Waals surface area (Å²) in [7, 11) is 0. The van der Waals surface area contributed by atoms with Gasteiger partial charge in [-0.2, -0.15) is 0 Å². The molecule has 2 saturated heterocycles. The highest BCUT2D eigenvalue weighted by Crippen LogP contribution is 2.56. The monoisotopic (exact) mass is 702 g/mol. The zero-order chi connectivity index (χ0) is 33.8. The summed E-state index contributed by atoms with van der Waals surface area (Å²) in [5.41, 5.74) is 1.37. The van der Waals surface area contributed by atoms with Crippen LogP contribution >= 0.6 is 35.0 Å². The highest BCUT2D eigenvalue weighted by atomic mass is 35.5. The third kappa shape index (κ3) is 6.07. The SMILES string of the molecule is CC(C)C1=C(C(=O)N2[C@H](C)CC[C@H]2C(=O)N2CCN(CCO)[C@H](C)C2)SC2=N[C@@](C)(c3ccc(Cl)nc3)[C@@H](c3ccc(Cl)c(F)c3)N21. The minimum absolute atomic E-state index is 0.0249. The number of thioether (sulfide) groups is 1. The Hall–Kier alpha value is -2.70. The third-order valence-corrected chi connectivity index (χ3v) is 11.6. The first-order valence-electron chi connectivity index (χ1n) is 16.2. The molecule has 4 aliphatic heterocycles. The number of amidine groups is 1. The first-order valence-corrected chi connectivity index (χ1v) is 17.8. The second-order valence-electron chi connectivity index (χ2n) is 13.4. The van der Waals surface area contributed by atoms with Gasteiger partial charge >= 0.3 is 0 Å². The summed E-state index contributed by atoms with van der Waals surface area (Å²) in [6.07, 6.45) is 3.02. The average Bonchev–Trinajstić information content (AvgIpc) is 3.68.